The molecule has 0 aliphatic heterocycles. The third-order valence-electron chi connectivity index (χ3n) is 2.84. The minimum absolute atomic E-state index is 0.0231. The van der Waals surface area contributed by atoms with Crippen molar-refractivity contribution in [3.63, 3.8) is 0 Å². The van der Waals surface area contributed by atoms with E-state index < -0.39 is 6.10 Å². The van der Waals surface area contributed by atoms with Crippen LogP contribution in [-0.4, -0.2) is 16.8 Å². The summed E-state index contributed by atoms with van der Waals surface area (Å²) in [6, 6.07) is 7.92. The molecule has 1 aromatic rings. The third-order valence-corrected chi connectivity index (χ3v) is 2.84. The smallest absolute Gasteiger partial charge is 0.0842 e. The largest absolute Gasteiger partial charge is 0.396 e. The zero-order valence-electron chi connectivity index (χ0n) is 7.48. The van der Waals surface area contributed by atoms with Gasteiger partial charge in [-0.15, -0.1) is 0 Å². The summed E-state index contributed by atoms with van der Waals surface area (Å²) < 4.78 is 0. The molecular formula is C11H14O2. The van der Waals surface area contributed by atoms with Gasteiger partial charge in [0.25, 0.3) is 0 Å². The van der Waals surface area contributed by atoms with Crippen LogP contribution in [0.2, 0.25) is 0 Å². The Hall–Kier alpha value is -0.860. The molecule has 0 saturated carbocycles. The summed E-state index contributed by atoms with van der Waals surface area (Å²) in [5.74, 6) is 0.0231. The van der Waals surface area contributed by atoms with E-state index >= 15 is 0 Å². The summed E-state index contributed by atoms with van der Waals surface area (Å²) in [5, 5.41) is 18.9. The Bertz CT molecular complexity index is 296. The molecule has 2 unspecified atom stereocenters. The molecule has 2 atom stereocenters. The minimum Gasteiger partial charge on any atom is -0.396 e. The molecule has 0 saturated heterocycles. The summed E-state index contributed by atoms with van der Waals surface area (Å²) in [4.78, 5) is 0. The Labute approximate surface area is 77.8 Å². The second kappa shape index (κ2) is 3.48. The average molecular weight is 178 g/mol. The van der Waals surface area contributed by atoms with Crippen LogP contribution in [0.4, 0.5) is 0 Å². The van der Waals surface area contributed by atoms with E-state index in [-0.39, 0.29) is 12.5 Å². The molecule has 0 radical (unpaired) electrons. The van der Waals surface area contributed by atoms with Crippen molar-refractivity contribution in [1.29, 1.82) is 0 Å². The highest BCUT2D eigenvalue weighted by molar-refractivity contribution is 5.31. The number of aliphatic hydroxyl groups is 2. The van der Waals surface area contributed by atoms with Crippen LogP contribution in [0.25, 0.3) is 0 Å². The zero-order chi connectivity index (χ0) is 9.26. The van der Waals surface area contributed by atoms with Crippen molar-refractivity contribution in [3.8, 4) is 0 Å². The lowest BCUT2D eigenvalue weighted by molar-refractivity contribution is 0.0543. The fourth-order valence-electron chi connectivity index (χ4n) is 1.99. The van der Waals surface area contributed by atoms with E-state index in [1.54, 1.807) is 0 Å². The van der Waals surface area contributed by atoms with E-state index in [1.165, 1.54) is 5.56 Å². The lowest BCUT2D eigenvalue weighted by Crippen LogP contribution is -2.23. The fourth-order valence-corrected chi connectivity index (χ4v) is 1.99. The van der Waals surface area contributed by atoms with Crippen molar-refractivity contribution in [1.82, 2.24) is 0 Å². The second-order valence-corrected chi connectivity index (χ2v) is 3.62. The highest BCUT2D eigenvalue weighted by atomic mass is 16.3. The second-order valence-electron chi connectivity index (χ2n) is 3.62. The van der Waals surface area contributed by atoms with Crippen molar-refractivity contribution in [2.24, 2.45) is 5.92 Å². The molecule has 1 aromatic carbocycles. The van der Waals surface area contributed by atoms with Crippen LogP contribution >= 0.6 is 0 Å². The van der Waals surface area contributed by atoms with Gasteiger partial charge in [0.1, 0.15) is 0 Å². The van der Waals surface area contributed by atoms with Gasteiger partial charge in [0.05, 0.1) is 6.10 Å². The number of hydrogen-bond donors (Lipinski definition) is 2. The first kappa shape index (κ1) is 8.73. The van der Waals surface area contributed by atoms with Gasteiger partial charge in [0, 0.05) is 12.5 Å². The van der Waals surface area contributed by atoms with Gasteiger partial charge in [0.15, 0.2) is 0 Å². The topological polar surface area (TPSA) is 40.5 Å². The van der Waals surface area contributed by atoms with Crippen LogP contribution in [0.1, 0.15) is 23.7 Å². The van der Waals surface area contributed by atoms with Crippen LogP contribution in [0.5, 0.6) is 0 Å². The van der Waals surface area contributed by atoms with Crippen LogP contribution in [0.15, 0.2) is 24.3 Å². The molecule has 0 fully saturated rings. The maximum atomic E-state index is 9.86. The highest BCUT2D eigenvalue weighted by Gasteiger charge is 2.26. The first-order valence-corrected chi connectivity index (χ1v) is 4.69. The van der Waals surface area contributed by atoms with Crippen LogP contribution < -0.4 is 0 Å². The number of aryl methyl sites for hydroxylation is 1. The first-order chi connectivity index (χ1) is 6.33. The lowest BCUT2D eigenvalue weighted by Gasteiger charge is -2.28. The van der Waals surface area contributed by atoms with Crippen molar-refractivity contribution < 1.29 is 10.2 Å². The van der Waals surface area contributed by atoms with E-state index in [0.29, 0.717) is 0 Å². The zero-order valence-corrected chi connectivity index (χ0v) is 7.48. The van der Waals surface area contributed by atoms with Gasteiger partial charge >= 0.3 is 0 Å². The Morgan fingerprint density at radius 1 is 1.31 bits per heavy atom. The predicted octanol–water partition coefficient (Wildman–Crippen LogP) is 1.27. The lowest BCUT2D eigenvalue weighted by atomic mass is 9.82. The number of rotatable bonds is 1. The summed E-state index contributed by atoms with van der Waals surface area (Å²) in [6.07, 6.45) is 1.38. The van der Waals surface area contributed by atoms with E-state index in [0.717, 1.165) is 18.4 Å². The van der Waals surface area contributed by atoms with Crippen molar-refractivity contribution >= 4 is 0 Å². The molecule has 0 bridgehead atoms. The van der Waals surface area contributed by atoms with E-state index in [4.69, 9.17) is 5.11 Å². The Balaban J connectivity index is 2.33. The predicted molar refractivity (Wildman–Crippen MR) is 50.3 cm³/mol. The molecule has 70 valence electrons. The molecule has 1 aliphatic carbocycles. The Morgan fingerprint density at radius 3 is 2.85 bits per heavy atom. The fraction of sp³-hybridized carbons (Fsp3) is 0.455. The molecule has 0 amide bonds. The molecule has 0 spiro atoms. The van der Waals surface area contributed by atoms with Gasteiger partial charge in [-0.1, -0.05) is 24.3 Å². The molecular weight excluding hydrogens is 164 g/mol. The van der Waals surface area contributed by atoms with E-state index in [9.17, 15) is 5.11 Å². The Morgan fingerprint density at radius 2 is 2.08 bits per heavy atom. The molecule has 2 rings (SSSR count). The first-order valence-electron chi connectivity index (χ1n) is 4.69. The van der Waals surface area contributed by atoms with Gasteiger partial charge < -0.3 is 10.2 Å². The van der Waals surface area contributed by atoms with Crippen molar-refractivity contribution in [3.05, 3.63) is 35.4 Å². The van der Waals surface area contributed by atoms with Crippen LogP contribution in [0, 0.1) is 5.92 Å². The summed E-state index contributed by atoms with van der Waals surface area (Å²) in [5.41, 5.74) is 2.22. The van der Waals surface area contributed by atoms with Gasteiger partial charge in [-0.3, -0.25) is 0 Å². The van der Waals surface area contributed by atoms with Crippen molar-refractivity contribution in [2.75, 3.05) is 6.61 Å². The highest BCUT2D eigenvalue weighted by Crippen LogP contribution is 2.33. The standard InChI is InChI=1S/C11H14O2/c12-7-9-6-5-8-3-1-2-4-10(8)11(9)13/h1-4,9,11-13H,5-7H2. The van der Waals surface area contributed by atoms with E-state index in [2.05, 4.69) is 0 Å². The van der Waals surface area contributed by atoms with Crippen LogP contribution in [-0.2, 0) is 6.42 Å². The summed E-state index contributed by atoms with van der Waals surface area (Å²) in [7, 11) is 0. The molecule has 13 heavy (non-hydrogen) atoms. The minimum atomic E-state index is -0.477. The van der Waals surface area contributed by atoms with Gasteiger partial charge in [0.2, 0.25) is 0 Å². The summed E-state index contributed by atoms with van der Waals surface area (Å²) in [6.45, 7) is 0.0789. The van der Waals surface area contributed by atoms with Crippen molar-refractivity contribution in [2.45, 2.75) is 18.9 Å². The van der Waals surface area contributed by atoms with Gasteiger partial charge in [-0.05, 0) is 24.0 Å². The average Bonchev–Trinajstić information content (AvgIpc) is 2.19. The number of fused-ring (bicyclic) bond motifs is 1. The monoisotopic (exact) mass is 178 g/mol. The van der Waals surface area contributed by atoms with Crippen LogP contribution in [0.3, 0.4) is 0 Å². The summed E-state index contributed by atoms with van der Waals surface area (Å²) >= 11 is 0. The third kappa shape index (κ3) is 1.47. The SMILES string of the molecule is OCC1CCc2ccccc2C1O. The van der Waals surface area contributed by atoms with Gasteiger partial charge in [-0.2, -0.15) is 0 Å². The number of aliphatic hydroxyl groups excluding tert-OH is 2. The molecule has 0 heterocycles. The molecule has 2 N–H and O–H groups in total. The molecule has 1 aliphatic rings. The molecule has 2 heteroatoms. The quantitative estimate of drug-likeness (QED) is 0.680. The Kier molecular flexibility index (Phi) is 2.34. The number of benzene rings is 1. The number of hydrogen-bond acceptors (Lipinski definition) is 2. The molecule has 2 nitrogen and oxygen atoms in total. The maximum Gasteiger partial charge on any atom is 0.0842 e. The van der Waals surface area contributed by atoms with Gasteiger partial charge in [-0.25, -0.2) is 0 Å². The maximum absolute atomic E-state index is 9.86. The van der Waals surface area contributed by atoms with E-state index in [1.807, 2.05) is 24.3 Å². The normalized spacial score (nSPS) is 26.9. The molecule has 0 aromatic heterocycles.